The van der Waals surface area contributed by atoms with Gasteiger partial charge in [-0.2, -0.15) is 5.26 Å². The molecule has 0 aliphatic heterocycles. The number of nitrogens with two attached hydrogens (primary N) is 1. The van der Waals surface area contributed by atoms with Crippen LogP contribution in [0.5, 0.6) is 0 Å². The summed E-state index contributed by atoms with van der Waals surface area (Å²) in [6, 6.07) is 7.28. The van der Waals surface area contributed by atoms with Crippen molar-refractivity contribution in [1.29, 1.82) is 5.26 Å². The molecule has 0 bridgehead atoms. The van der Waals surface area contributed by atoms with Crippen LogP contribution >= 0.6 is 11.6 Å². The molecule has 0 aliphatic carbocycles. The molecule has 0 saturated heterocycles. The van der Waals surface area contributed by atoms with Crippen LogP contribution < -0.4 is 10.6 Å². The van der Waals surface area contributed by atoms with Crippen molar-refractivity contribution in [2.24, 2.45) is 0 Å². The molecule has 1 aromatic carbocycles. The van der Waals surface area contributed by atoms with Crippen molar-refractivity contribution >= 4 is 23.1 Å². The van der Waals surface area contributed by atoms with Crippen molar-refractivity contribution < 1.29 is 0 Å². The van der Waals surface area contributed by atoms with Crippen LogP contribution in [0.4, 0.5) is 11.5 Å². The Morgan fingerprint density at radius 1 is 1.37 bits per heavy atom. The number of rotatable bonds is 3. The first-order valence-electron chi connectivity index (χ1n) is 5.57. The number of aromatic nitrogens is 2. The van der Waals surface area contributed by atoms with Gasteiger partial charge in [-0.25, -0.2) is 9.97 Å². The Bertz CT molecular complexity index is 618. The molecule has 0 spiro atoms. The number of hydrogen-bond acceptors (Lipinski definition) is 5. The second-order valence-corrected chi connectivity index (χ2v) is 4.49. The van der Waals surface area contributed by atoms with Crippen molar-refractivity contribution in [1.82, 2.24) is 9.97 Å². The molecule has 96 valence electrons. The van der Waals surface area contributed by atoms with Gasteiger partial charge in [0.2, 0.25) is 0 Å². The van der Waals surface area contributed by atoms with Gasteiger partial charge in [-0.05, 0) is 23.8 Å². The molecule has 0 radical (unpaired) electrons. The summed E-state index contributed by atoms with van der Waals surface area (Å²) in [5.74, 6) is 0.664. The molecule has 0 fully saturated rings. The standard InChI is InChI=1S/C13H12ClN5/c1-19(13-7-17-11(5-15)6-18-13)8-9-4-10(16)2-3-12(9)14/h2-4,6-7H,8,16H2,1H3. The highest BCUT2D eigenvalue weighted by atomic mass is 35.5. The fraction of sp³-hybridized carbons (Fsp3) is 0.154. The second-order valence-electron chi connectivity index (χ2n) is 4.08. The summed E-state index contributed by atoms with van der Waals surface area (Å²) < 4.78 is 0. The van der Waals surface area contributed by atoms with Crippen LogP contribution in [-0.2, 0) is 6.54 Å². The minimum atomic E-state index is 0.291. The van der Waals surface area contributed by atoms with Crippen molar-refractivity contribution in [2.45, 2.75) is 6.54 Å². The van der Waals surface area contributed by atoms with E-state index in [1.54, 1.807) is 18.3 Å². The number of hydrogen-bond donors (Lipinski definition) is 1. The van der Waals surface area contributed by atoms with E-state index in [9.17, 15) is 0 Å². The van der Waals surface area contributed by atoms with Crippen LogP contribution in [-0.4, -0.2) is 17.0 Å². The highest BCUT2D eigenvalue weighted by Crippen LogP contribution is 2.21. The molecule has 6 heteroatoms. The van der Waals surface area contributed by atoms with Crippen LogP contribution in [0.1, 0.15) is 11.3 Å². The zero-order valence-corrected chi connectivity index (χ0v) is 11.1. The molecule has 0 aliphatic rings. The third kappa shape index (κ3) is 3.12. The number of benzene rings is 1. The van der Waals surface area contributed by atoms with Crippen LogP contribution in [0.15, 0.2) is 30.6 Å². The lowest BCUT2D eigenvalue weighted by Gasteiger charge is -2.18. The average Bonchev–Trinajstić information content (AvgIpc) is 2.43. The Labute approximate surface area is 116 Å². The highest BCUT2D eigenvalue weighted by Gasteiger charge is 2.07. The van der Waals surface area contributed by atoms with Gasteiger partial charge in [0.15, 0.2) is 5.69 Å². The van der Waals surface area contributed by atoms with E-state index in [2.05, 4.69) is 9.97 Å². The van der Waals surface area contributed by atoms with Gasteiger partial charge in [-0.1, -0.05) is 11.6 Å². The first kappa shape index (κ1) is 13.1. The molecule has 2 aromatic rings. The first-order chi connectivity index (χ1) is 9.10. The Balaban J connectivity index is 2.18. The zero-order chi connectivity index (χ0) is 13.8. The summed E-state index contributed by atoms with van der Waals surface area (Å²) in [6.07, 6.45) is 2.99. The molecule has 0 saturated carbocycles. The molecule has 0 atom stereocenters. The van der Waals surface area contributed by atoms with Crippen LogP contribution in [0.25, 0.3) is 0 Å². The highest BCUT2D eigenvalue weighted by molar-refractivity contribution is 6.31. The first-order valence-corrected chi connectivity index (χ1v) is 5.95. The van der Waals surface area contributed by atoms with Crippen LogP contribution in [0.2, 0.25) is 5.02 Å². The topological polar surface area (TPSA) is 78.8 Å². The number of nitrogen functional groups attached to an aromatic ring is 1. The molecule has 1 heterocycles. The van der Waals surface area contributed by atoms with Gasteiger partial charge in [-0.3, -0.25) is 0 Å². The lowest BCUT2D eigenvalue weighted by molar-refractivity contribution is 0.889. The fourth-order valence-corrected chi connectivity index (χ4v) is 1.81. The number of halogens is 1. The number of nitrogens with zero attached hydrogens (tertiary/aromatic N) is 4. The maximum absolute atomic E-state index is 8.67. The lowest BCUT2D eigenvalue weighted by Crippen LogP contribution is -2.18. The Morgan fingerprint density at radius 3 is 2.79 bits per heavy atom. The molecule has 5 nitrogen and oxygen atoms in total. The smallest absolute Gasteiger partial charge is 0.158 e. The number of anilines is 2. The summed E-state index contributed by atoms with van der Waals surface area (Å²) in [7, 11) is 1.87. The van der Waals surface area contributed by atoms with Crippen molar-refractivity contribution in [3.05, 3.63) is 46.9 Å². The third-order valence-electron chi connectivity index (χ3n) is 2.62. The Morgan fingerprint density at radius 2 is 2.16 bits per heavy atom. The molecule has 2 rings (SSSR count). The Kier molecular flexibility index (Phi) is 3.83. The summed E-state index contributed by atoms with van der Waals surface area (Å²) in [4.78, 5) is 10.0. The van der Waals surface area contributed by atoms with E-state index in [0.29, 0.717) is 28.8 Å². The maximum Gasteiger partial charge on any atom is 0.158 e. The third-order valence-corrected chi connectivity index (χ3v) is 2.99. The summed E-state index contributed by atoms with van der Waals surface area (Å²) in [6.45, 7) is 0.560. The Hall–Kier alpha value is -2.32. The molecule has 0 amide bonds. The molecular weight excluding hydrogens is 262 g/mol. The second kappa shape index (κ2) is 5.55. The average molecular weight is 274 g/mol. The van der Waals surface area contributed by atoms with E-state index in [4.69, 9.17) is 22.6 Å². The van der Waals surface area contributed by atoms with Gasteiger partial charge in [0, 0.05) is 24.3 Å². The number of nitriles is 1. The van der Waals surface area contributed by atoms with E-state index in [1.807, 2.05) is 24.1 Å². The molecular formula is C13H12ClN5. The normalized spacial score (nSPS) is 9.95. The molecule has 1 aromatic heterocycles. The van der Waals surface area contributed by atoms with Crippen LogP contribution in [0, 0.1) is 11.3 Å². The van der Waals surface area contributed by atoms with Crippen molar-refractivity contribution in [3.8, 4) is 6.07 Å². The zero-order valence-electron chi connectivity index (χ0n) is 10.3. The summed E-state index contributed by atoms with van der Waals surface area (Å²) in [5.41, 5.74) is 7.61. The molecule has 2 N–H and O–H groups in total. The van der Waals surface area contributed by atoms with Crippen molar-refractivity contribution in [3.63, 3.8) is 0 Å². The van der Waals surface area contributed by atoms with Gasteiger partial charge >= 0.3 is 0 Å². The van der Waals surface area contributed by atoms with Crippen molar-refractivity contribution in [2.75, 3.05) is 17.7 Å². The molecule has 0 unspecified atom stereocenters. The predicted molar refractivity (Wildman–Crippen MR) is 74.7 cm³/mol. The van der Waals surface area contributed by atoms with Gasteiger partial charge in [0.1, 0.15) is 11.9 Å². The van der Waals surface area contributed by atoms with E-state index in [-0.39, 0.29) is 0 Å². The predicted octanol–water partition coefficient (Wildman–Crippen LogP) is 2.22. The summed E-state index contributed by atoms with van der Waals surface area (Å²) >= 11 is 6.11. The van der Waals surface area contributed by atoms with Gasteiger partial charge < -0.3 is 10.6 Å². The monoisotopic (exact) mass is 273 g/mol. The van der Waals surface area contributed by atoms with Gasteiger partial charge in [0.25, 0.3) is 0 Å². The van der Waals surface area contributed by atoms with Gasteiger partial charge in [-0.15, -0.1) is 0 Å². The largest absolute Gasteiger partial charge is 0.399 e. The minimum absolute atomic E-state index is 0.291. The van der Waals surface area contributed by atoms with E-state index in [1.165, 1.54) is 6.20 Å². The van der Waals surface area contributed by atoms with Gasteiger partial charge in [0.05, 0.1) is 12.4 Å². The minimum Gasteiger partial charge on any atom is -0.399 e. The quantitative estimate of drug-likeness (QED) is 0.868. The fourth-order valence-electron chi connectivity index (χ4n) is 1.63. The summed E-state index contributed by atoms with van der Waals surface area (Å²) in [5, 5.41) is 9.33. The SMILES string of the molecule is CN(Cc1cc(N)ccc1Cl)c1cnc(C#N)cn1. The maximum atomic E-state index is 8.67. The van der Waals surface area contributed by atoms with E-state index < -0.39 is 0 Å². The lowest BCUT2D eigenvalue weighted by atomic mass is 10.2. The van der Waals surface area contributed by atoms with E-state index >= 15 is 0 Å². The van der Waals surface area contributed by atoms with Crippen LogP contribution in [0.3, 0.4) is 0 Å². The van der Waals surface area contributed by atoms with E-state index in [0.717, 1.165) is 5.56 Å². The molecule has 19 heavy (non-hydrogen) atoms.